The van der Waals surface area contributed by atoms with Gasteiger partial charge in [-0.2, -0.15) is 0 Å². The minimum atomic E-state index is 0. The van der Waals surface area contributed by atoms with Gasteiger partial charge in [-0.15, -0.1) is 17.3 Å². The van der Waals surface area contributed by atoms with Gasteiger partial charge in [0.25, 0.3) is 0 Å². The third-order valence-electron chi connectivity index (χ3n) is 0. The van der Waals surface area contributed by atoms with Crippen LogP contribution in [0.1, 0.15) is 4.28 Å². The molecule has 0 radical (unpaired) electrons. The molecule has 0 aliphatic heterocycles. The van der Waals surface area contributed by atoms with Gasteiger partial charge in [0.15, 0.2) is 5.34 Å². The zero-order valence-electron chi connectivity index (χ0n) is 6.42. The molecule has 0 heterocycles. The zero-order valence-corrected chi connectivity index (χ0v) is 7.65. The molecule has 32 valence electrons. The zero-order chi connectivity index (χ0) is 2.71. The van der Waals surface area contributed by atoms with Crippen LogP contribution in [0.5, 0.6) is 0 Å². The fraction of sp³-hybridized carbons (Fsp3) is 0. The molecule has 6 heavy (non-hydrogen) atoms. The Balaban J connectivity index is -0.00000000133. The summed E-state index contributed by atoms with van der Waals surface area (Å²) >= 11 is 0. The minimum absolute atomic E-state index is 0. The Morgan fingerprint density at radius 1 is 1.67 bits per heavy atom. The maximum absolute atomic E-state index is 8.11. The Morgan fingerprint density at radius 2 is 1.67 bits per heavy atom. The van der Waals surface area contributed by atoms with Crippen LogP contribution in [0.4, 0.5) is 0 Å². The van der Waals surface area contributed by atoms with Gasteiger partial charge in [-0.1, -0.05) is 0 Å². The topological polar surface area (TPSA) is 49.7 Å². The molecule has 0 fully saturated rings. The first-order valence-corrected chi connectivity index (χ1v) is 0.383. The minimum Gasteiger partial charge on any atom is -1.00 e. The Morgan fingerprint density at radius 3 is 1.67 bits per heavy atom. The average Bonchev–Trinajstić information content (AvgIpc) is 0.918. The summed E-state index contributed by atoms with van der Waals surface area (Å²) in [6.07, 6.45) is 0. The summed E-state index contributed by atoms with van der Waals surface area (Å²) in [5.41, 5.74) is 0. The molecule has 0 atom stereocenters. The van der Waals surface area contributed by atoms with Gasteiger partial charge >= 0.3 is 52.6 Å². The molecule has 3 nitrogen and oxygen atoms in total. The summed E-state index contributed by atoms with van der Waals surface area (Å²) in [7, 11) is 0. The molecule has 0 unspecified atom stereocenters. The Labute approximate surface area is 84.1 Å². The average molecular weight is 134 g/mol. The standard InChI is InChI=1S/ClH.Mg.HNO2.Na.3H/c;;2-1-3;;;;/h1H;;(H,2,3);;;;/q;+2;;+1;3*-1. The van der Waals surface area contributed by atoms with Crippen LogP contribution in [-0.2, 0) is 0 Å². The Hall–Kier alpha value is 1.46. The van der Waals surface area contributed by atoms with E-state index in [4.69, 9.17) is 10.1 Å². The fourth-order valence-corrected chi connectivity index (χ4v) is 0. The van der Waals surface area contributed by atoms with E-state index >= 15 is 0 Å². The number of rotatable bonds is 0. The maximum atomic E-state index is 8.11. The van der Waals surface area contributed by atoms with E-state index in [-0.39, 0.29) is 69.3 Å². The molecule has 0 aromatic heterocycles. The predicted molar refractivity (Wildman–Crippen MR) is 23.9 cm³/mol. The molecule has 0 rings (SSSR count). The molecular formula is H5ClMgNNaO2. The summed E-state index contributed by atoms with van der Waals surface area (Å²) in [4.78, 5) is 8.11. The third kappa shape index (κ3) is 51.1. The first-order chi connectivity index (χ1) is 1.41. The number of hydrogen-bond donors (Lipinski definition) is 1. The van der Waals surface area contributed by atoms with Crippen molar-refractivity contribution in [1.29, 1.82) is 0 Å². The monoisotopic (exact) mass is 133 g/mol. The van der Waals surface area contributed by atoms with Crippen LogP contribution in [0.2, 0.25) is 0 Å². The second kappa shape index (κ2) is 31.9. The van der Waals surface area contributed by atoms with Crippen molar-refractivity contribution in [2.24, 2.45) is 5.34 Å². The van der Waals surface area contributed by atoms with E-state index < -0.39 is 0 Å². The van der Waals surface area contributed by atoms with E-state index in [1.165, 1.54) is 5.34 Å². The summed E-state index contributed by atoms with van der Waals surface area (Å²) in [5.74, 6) is 0. The second-order valence-electron chi connectivity index (χ2n) is 0.0816. The van der Waals surface area contributed by atoms with Crippen LogP contribution >= 0.6 is 12.4 Å². The summed E-state index contributed by atoms with van der Waals surface area (Å²) in [6, 6.07) is 0. The predicted octanol–water partition coefficient (Wildman–Crippen LogP) is -2.48. The summed E-state index contributed by atoms with van der Waals surface area (Å²) in [6.45, 7) is 0. The van der Waals surface area contributed by atoms with Crippen LogP contribution in [-0.4, -0.2) is 28.3 Å². The van der Waals surface area contributed by atoms with Crippen molar-refractivity contribution in [3.8, 4) is 0 Å². The smallest absolute Gasteiger partial charge is 1.00 e. The van der Waals surface area contributed by atoms with Crippen molar-refractivity contribution >= 4 is 35.5 Å². The summed E-state index contributed by atoms with van der Waals surface area (Å²) < 4.78 is 0. The Bertz CT molecular complexity index is 29.3. The van der Waals surface area contributed by atoms with E-state index in [0.717, 1.165) is 0 Å². The van der Waals surface area contributed by atoms with Crippen molar-refractivity contribution in [3.05, 3.63) is 4.91 Å². The van der Waals surface area contributed by atoms with Gasteiger partial charge in [-0.05, 0) is 0 Å². The van der Waals surface area contributed by atoms with Gasteiger partial charge < -0.3 is 9.49 Å². The molecule has 0 saturated heterocycles. The molecule has 0 amide bonds. The maximum Gasteiger partial charge on any atom is 2.00 e. The molecule has 0 aromatic rings. The van der Waals surface area contributed by atoms with E-state index in [0.29, 0.717) is 0 Å². The number of halogens is 1. The first kappa shape index (κ1) is 26.0. The largest absolute Gasteiger partial charge is 2.00 e. The summed E-state index contributed by atoms with van der Waals surface area (Å²) in [5, 5.41) is 7.89. The molecule has 0 aliphatic rings. The fourth-order valence-electron chi connectivity index (χ4n) is 0. The molecule has 6 heteroatoms. The van der Waals surface area contributed by atoms with E-state index in [1.54, 1.807) is 0 Å². The molecule has 0 spiro atoms. The van der Waals surface area contributed by atoms with E-state index in [2.05, 4.69) is 0 Å². The Kier molecular flexibility index (Phi) is 138. The normalized spacial score (nSPS) is 2.00. The van der Waals surface area contributed by atoms with Crippen LogP contribution in [0, 0.1) is 4.91 Å². The quantitative estimate of drug-likeness (QED) is 0.226. The van der Waals surface area contributed by atoms with Gasteiger partial charge in [0.2, 0.25) is 0 Å². The molecular weight excluding hydrogens is 129 g/mol. The third-order valence-corrected chi connectivity index (χ3v) is 0. The van der Waals surface area contributed by atoms with Gasteiger partial charge in [0.05, 0.1) is 0 Å². The van der Waals surface area contributed by atoms with Crippen LogP contribution < -0.4 is 29.6 Å². The molecule has 0 saturated carbocycles. The first-order valence-electron chi connectivity index (χ1n) is 0.383. The molecule has 1 N–H and O–H groups in total. The number of nitrogens with zero attached hydrogens (tertiary/aromatic N) is 1. The van der Waals surface area contributed by atoms with Gasteiger partial charge in [-0.3, -0.25) is 0 Å². The van der Waals surface area contributed by atoms with Crippen molar-refractivity contribution in [2.75, 3.05) is 0 Å². The van der Waals surface area contributed by atoms with Crippen LogP contribution in [0.15, 0.2) is 5.34 Å². The van der Waals surface area contributed by atoms with Gasteiger partial charge in [-0.25, -0.2) is 0 Å². The van der Waals surface area contributed by atoms with Gasteiger partial charge in [0, 0.05) is 0 Å². The van der Waals surface area contributed by atoms with Crippen molar-refractivity contribution in [1.82, 2.24) is 0 Å². The molecule has 0 aromatic carbocycles. The molecule has 0 bridgehead atoms. The number of hydrogen-bond acceptors (Lipinski definition) is 2. The van der Waals surface area contributed by atoms with Crippen LogP contribution in [0.3, 0.4) is 0 Å². The van der Waals surface area contributed by atoms with Crippen molar-refractivity contribution < 1.29 is 39.0 Å². The van der Waals surface area contributed by atoms with Gasteiger partial charge in [0.1, 0.15) is 0 Å². The second-order valence-corrected chi connectivity index (χ2v) is 0.0816. The van der Waals surface area contributed by atoms with E-state index in [1.807, 2.05) is 0 Å². The van der Waals surface area contributed by atoms with E-state index in [9.17, 15) is 0 Å². The van der Waals surface area contributed by atoms with Crippen LogP contribution in [0.25, 0.3) is 0 Å². The van der Waals surface area contributed by atoms with Crippen molar-refractivity contribution in [2.45, 2.75) is 0 Å². The molecule has 0 aliphatic carbocycles. The SMILES string of the molecule is Cl.O=NO.[H-].[H-].[H-].[Mg+2].[Na+]. The van der Waals surface area contributed by atoms with Crippen molar-refractivity contribution in [3.63, 3.8) is 0 Å².